The summed E-state index contributed by atoms with van der Waals surface area (Å²) in [5, 5.41) is 8.76. The summed E-state index contributed by atoms with van der Waals surface area (Å²) in [5.74, 6) is -0.231. The van der Waals surface area contributed by atoms with E-state index in [0.29, 0.717) is 17.3 Å². The molecule has 9 heteroatoms. The Labute approximate surface area is 150 Å². The number of rotatable bonds is 7. The zero-order valence-corrected chi connectivity index (χ0v) is 15.7. The predicted molar refractivity (Wildman–Crippen MR) is 97.6 cm³/mol. The Bertz CT molecular complexity index is 842. The molecule has 1 amide bonds. The Hall–Kier alpha value is -2.26. The van der Waals surface area contributed by atoms with E-state index in [1.165, 1.54) is 35.6 Å². The smallest absolute Gasteiger partial charge is 0.280 e. The summed E-state index contributed by atoms with van der Waals surface area (Å²) >= 11 is 1.28. The highest BCUT2D eigenvalue weighted by Gasteiger charge is 2.18. The average Bonchev–Trinajstić information content (AvgIpc) is 3.03. The van der Waals surface area contributed by atoms with Crippen molar-refractivity contribution < 1.29 is 18.0 Å². The minimum Gasteiger partial charge on any atom is -0.395 e. The number of carbonyl (C=O) groups is 1. The lowest BCUT2D eigenvalue weighted by Crippen LogP contribution is -2.24. The summed E-state index contributed by atoms with van der Waals surface area (Å²) in [7, 11) is -3.31. The van der Waals surface area contributed by atoms with E-state index in [9.17, 15) is 13.2 Å². The van der Waals surface area contributed by atoms with Crippen LogP contribution >= 0.6 is 11.3 Å². The summed E-state index contributed by atoms with van der Waals surface area (Å²) in [6, 6.07) is 5.91. The van der Waals surface area contributed by atoms with Crippen LogP contribution in [0.25, 0.3) is 0 Å². The number of anilines is 1. The van der Waals surface area contributed by atoms with E-state index >= 15 is 0 Å². The molecule has 2 aromatic rings. The molecule has 0 aliphatic carbocycles. The molecule has 0 aliphatic rings. The molecule has 0 saturated heterocycles. The summed E-state index contributed by atoms with van der Waals surface area (Å²) in [6.07, 6.45) is 2.70. The maximum atomic E-state index is 12.5. The zero-order valence-electron chi connectivity index (χ0n) is 14.1. The molecule has 0 radical (unpaired) electrons. The van der Waals surface area contributed by atoms with Crippen LogP contribution in [0.2, 0.25) is 0 Å². The second-order valence-electron chi connectivity index (χ2n) is 5.72. The normalized spacial score (nSPS) is 12.2. The van der Waals surface area contributed by atoms with E-state index < -0.39 is 15.7 Å². The highest BCUT2D eigenvalue weighted by molar-refractivity contribution is 7.90. The summed E-state index contributed by atoms with van der Waals surface area (Å²) in [4.78, 5) is 21.9. The lowest BCUT2D eigenvalue weighted by molar-refractivity contribution is -0.110. The molecule has 25 heavy (non-hydrogen) atoms. The first-order valence-electron chi connectivity index (χ1n) is 7.48. The molecule has 1 heterocycles. The highest BCUT2D eigenvalue weighted by atomic mass is 32.2. The first-order chi connectivity index (χ1) is 11.8. The second-order valence-corrected chi connectivity index (χ2v) is 8.63. The third kappa shape index (κ3) is 5.64. The fourth-order valence-electron chi connectivity index (χ4n) is 1.78. The van der Waals surface area contributed by atoms with Crippen molar-refractivity contribution in [1.82, 2.24) is 4.98 Å². The molecular formula is C16H19N3O4S2. The number of nitrogens with one attached hydrogen (secondary N) is 1. The topological polar surface area (TPSA) is 97.7 Å². The van der Waals surface area contributed by atoms with Crippen LogP contribution in [-0.4, -0.2) is 37.9 Å². The molecule has 0 aliphatic heterocycles. The number of benzene rings is 1. The molecule has 0 bridgehead atoms. The summed E-state index contributed by atoms with van der Waals surface area (Å²) in [6.45, 7) is 4.28. The Balaban J connectivity index is 2.28. The standard InChI is InChI=1S/C16H19N3O4S2/c1-11(2)10-23-19-14(15(20)18-16-17-8-9-24-16)12-4-6-13(7-5-12)25(3,21)22/h4-9,11H,10H2,1-3H3,(H,17,18,20). The molecular weight excluding hydrogens is 362 g/mol. The van der Waals surface area contributed by atoms with Crippen molar-refractivity contribution in [2.24, 2.45) is 11.1 Å². The molecule has 0 unspecified atom stereocenters. The molecule has 0 fully saturated rings. The van der Waals surface area contributed by atoms with Crippen LogP contribution in [-0.2, 0) is 19.5 Å². The van der Waals surface area contributed by atoms with Gasteiger partial charge in [0, 0.05) is 23.4 Å². The van der Waals surface area contributed by atoms with Crippen molar-refractivity contribution >= 4 is 37.9 Å². The van der Waals surface area contributed by atoms with E-state index in [-0.39, 0.29) is 16.5 Å². The molecule has 1 aromatic carbocycles. The van der Waals surface area contributed by atoms with E-state index in [0.717, 1.165) is 6.26 Å². The van der Waals surface area contributed by atoms with Crippen molar-refractivity contribution in [3.05, 3.63) is 41.4 Å². The van der Waals surface area contributed by atoms with Gasteiger partial charge in [-0.05, 0) is 18.1 Å². The molecule has 0 atom stereocenters. The van der Waals surface area contributed by atoms with Crippen molar-refractivity contribution in [3.8, 4) is 0 Å². The number of sulfone groups is 1. The Morgan fingerprint density at radius 2 is 2.00 bits per heavy atom. The van der Waals surface area contributed by atoms with Crippen LogP contribution in [0.3, 0.4) is 0 Å². The van der Waals surface area contributed by atoms with Gasteiger partial charge in [0.05, 0.1) is 4.90 Å². The van der Waals surface area contributed by atoms with Gasteiger partial charge in [0.15, 0.2) is 20.7 Å². The zero-order chi connectivity index (χ0) is 18.4. The van der Waals surface area contributed by atoms with Gasteiger partial charge in [0.1, 0.15) is 6.61 Å². The number of oxime groups is 1. The van der Waals surface area contributed by atoms with Crippen LogP contribution in [0.4, 0.5) is 5.13 Å². The Kier molecular flexibility index (Phi) is 6.27. The number of carbonyl (C=O) groups excluding carboxylic acids is 1. The summed E-state index contributed by atoms with van der Waals surface area (Å²) in [5.41, 5.74) is 0.501. The van der Waals surface area contributed by atoms with Crippen LogP contribution in [0.15, 0.2) is 45.9 Å². The number of thiazole rings is 1. The highest BCUT2D eigenvalue weighted by Crippen LogP contribution is 2.14. The minimum absolute atomic E-state index is 0.0518. The molecule has 1 N–H and O–H groups in total. The molecule has 134 valence electrons. The first kappa shape index (κ1) is 19.1. The molecule has 1 aromatic heterocycles. The van der Waals surface area contributed by atoms with Gasteiger partial charge >= 0.3 is 0 Å². The van der Waals surface area contributed by atoms with E-state index in [1.54, 1.807) is 11.6 Å². The minimum atomic E-state index is -3.31. The van der Waals surface area contributed by atoms with Crippen LogP contribution < -0.4 is 5.32 Å². The monoisotopic (exact) mass is 381 g/mol. The second kappa shape index (κ2) is 8.21. The van der Waals surface area contributed by atoms with Crippen molar-refractivity contribution in [2.45, 2.75) is 18.7 Å². The number of hydrogen-bond donors (Lipinski definition) is 1. The molecule has 2 rings (SSSR count). The maximum absolute atomic E-state index is 12.5. The van der Waals surface area contributed by atoms with E-state index in [1.807, 2.05) is 13.8 Å². The van der Waals surface area contributed by atoms with Gasteiger partial charge < -0.3 is 4.84 Å². The van der Waals surface area contributed by atoms with Crippen LogP contribution in [0.5, 0.6) is 0 Å². The maximum Gasteiger partial charge on any atom is 0.280 e. The van der Waals surface area contributed by atoms with E-state index in [2.05, 4.69) is 15.5 Å². The number of amides is 1. The quantitative estimate of drug-likeness (QED) is 0.587. The summed E-state index contributed by atoms with van der Waals surface area (Å²) < 4.78 is 23.1. The fourth-order valence-corrected chi connectivity index (χ4v) is 2.93. The molecule has 7 nitrogen and oxygen atoms in total. The lowest BCUT2D eigenvalue weighted by atomic mass is 10.1. The van der Waals surface area contributed by atoms with Gasteiger partial charge in [-0.25, -0.2) is 13.4 Å². The Morgan fingerprint density at radius 3 is 2.52 bits per heavy atom. The van der Waals surface area contributed by atoms with E-state index in [4.69, 9.17) is 4.84 Å². The SMILES string of the molecule is CC(C)CON=C(C(=O)Nc1nccs1)c1ccc(S(C)(=O)=O)cc1. The van der Waals surface area contributed by atoms with Crippen LogP contribution in [0, 0.1) is 5.92 Å². The average molecular weight is 381 g/mol. The molecule has 0 saturated carbocycles. The first-order valence-corrected chi connectivity index (χ1v) is 10.3. The number of aromatic nitrogens is 1. The predicted octanol–water partition coefficient (Wildman–Crippen LogP) is 2.56. The third-order valence-electron chi connectivity index (χ3n) is 2.99. The number of hydrogen-bond acceptors (Lipinski definition) is 7. The van der Waals surface area contributed by atoms with Crippen LogP contribution in [0.1, 0.15) is 19.4 Å². The van der Waals surface area contributed by atoms with Gasteiger partial charge in [-0.1, -0.05) is 31.1 Å². The lowest BCUT2D eigenvalue weighted by Gasteiger charge is -2.08. The third-order valence-corrected chi connectivity index (χ3v) is 4.80. The van der Waals surface area contributed by atoms with Gasteiger partial charge in [0.2, 0.25) is 0 Å². The Morgan fingerprint density at radius 1 is 1.32 bits per heavy atom. The van der Waals surface area contributed by atoms with Crippen molar-refractivity contribution in [3.63, 3.8) is 0 Å². The van der Waals surface area contributed by atoms with Gasteiger partial charge in [-0.3, -0.25) is 10.1 Å². The van der Waals surface area contributed by atoms with Gasteiger partial charge in [-0.15, -0.1) is 11.3 Å². The molecule has 0 spiro atoms. The fraction of sp³-hybridized carbons (Fsp3) is 0.312. The van der Waals surface area contributed by atoms with Gasteiger partial charge in [-0.2, -0.15) is 0 Å². The van der Waals surface area contributed by atoms with Crippen molar-refractivity contribution in [2.75, 3.05) is 18.2 Å². The number of nitrogens with zero attached hydrogens (tertiary/aromatic N) is 2. The largest absolute Gasteiger partial charge is 0.395 e. The van der Waals surface area contributed by atoms with Crippen molar-refractivity contribution in [1.29, 1.82) is 0 Å². The van der Waals surface area contributed by atoms with Gasteiger partial charge in [0.25, 0.3) is 5.91 Å².